The third-order valence-corrected chi connectivity index (χ3v) is 7.52. The van der Waals surface area contributed by atoms with Crippen molar-refractivity contribution in [2.24, 2.45) is 0 Å². The Bertz CT molecular complexity index is 1700. The first-order valence-corrected chi connectivity index (χ1v) is 13.6. The summed E-state index contributed by atoms with van der Waals surface area (Å²) in [6.45, 7) is 2.28. The Morgan fingerprint density at radius 3 is 2.43 bits per heavy atom. The van der Waals surface area contributed by atoms with Crippen LogP contribution in [-0.4, -0.2) is 46.7 Å². The summed E-state index contributed by atoms with van der Waals surface area (Å²) in [5.41, 5.74) is 3.16. The summed E-state index contributed by atoms with van der Waals surface area (Å²) in [5.74, 6) is -1.46. The van der Waals surface area contributed by atoms with E-state index in [1.54, 1.807) is 36.3 Å². The molecule has 0 radical (unpaired) electrons. The van der Waals surface area contributed by atoms with Crippen LogP contribution in [0.25, 0.3) is 0 Å². The number of hydrogen-bond donors (Lipinski definition) is 0. The number of fused-ring (bicyclic) bond motifs is 2. The van der Waals surface area contributed by atoms with Crippen molar-refractivity contribution in [3.63, 3.8) is 0 Å². The highest BCUT2D eigenvalue weighted by molar-refractivity contribution is 6.31. The fourth-order valence-corrected chi connectivity index (χ4v) is 5.26. The third-order valence-electron chi connectivity index (χ3n) is 7.52. The van der Waals surface area contributed by atoms with Gasteiger partial charge in [-0.15, -0.1) is 0 Å². The number of amides is 4. The predicted molar refractivity (Wildman–Crippen MR) is 154 cm³/mol. The van der Waals surface area contributed by atoms with Crippen LogP contribution in [0.2, 0.25) is 0 Å². The Hall–Kier alpha value is -5.31. The summed E-state index contributed by atoms with van der Waals surface area (Å²) < 4.78 is 11.8. The maximum atomic E-state index is 13.5. The number of methoxy groups -OCH3 is 1. The molecule has 3 heterocycles. The summed E-state index contributed by atoms with van der Waals surface area (Å²) in [5, 5.41) is 0. The molecule has 1 unspecified atom stereocenters. The minimum Gasteiger partial charge on any atom is -0.493 e. The molecule has 210 valence electrons. The van der Waals surface area contributed by atoms with Gasteiger partial charge in [0.05, 0.1) is 30.9 Å². The van der Waals surface area contributed by atoms with E-state index in [2.05, 4.69) is 17.1 Å². The van der Waals surface area contributed by atoms with Crippen LogP contribution in [0.1, 0.15) is 65.9 Å². The van der Waals surface area contributed by atoms with E-state index in [1.165, 1.54) is 36.2 Å². The highest BCUT2D eigenvalue weighted by Crippen LogP contribution is 2.37. The van der Waals surface area contributed by atoms with Gasteiger partial charge in [-0.1, -0.05) is 36.4 Å². The quantitative estimate of drug-likeness (QED) is 0.276. The Morgan fingerprint density at radius 1 is 0.881 bits per heavy atom. The number of nitrogens with zero attached hydrogens (tertiary/aromatic N) is 3. The number of rotatable bonds is 8. The molecule has 4 aromatic rings. The SMILES string of the molecule is COc1ccc(N2Cc3ccc(C(=O)N4C(=O)c5ccncc5C4=O)cc3C2=O)cc1OC(C)CCc1ccccc1. The number of aromatic nitrogens is 1. The van der Waals surface area contributed by atoms with Gasteiger partial charge >= 0.3 is 0 Å². The molecule has 4 amide bonds. The van der Waals surface area contributed by atoms with E-state index in [-0.39, 0.29) is 35.2 Å². The number of pyridine rings is 1. The van der Waals surface area contributed by atoms with Gasteiger partial charge in [0.25, 0.3) is 23.6 Å². The lowest BCUT2D eigenvalue weighted by atomic mass is 10.1. The molecule has 1 aromatic heterocycles. The average molecular weight is 562 g/mol. The Balaban J connectivity index is 1.20. The first kappa shape index (κ1) is 26.9. The summed E-state index contributed by atoms with van der Waals surface area (Å²) in [7, 11) is 1.57. The van der Waals surface area contributed by atoms with Crippen LogP contribution in [0.3, 0.4) is 0 Å². The number of carbonyl (C=O) groups excluding carboxylic acids is 4. The van der Waals surface area contributed by atoms with Crippen molar-refractivity contribution >= 4 is 29.3 Å². The Labute approximate surface area is 242 Å². The van der Waals surface area contributed by atoms with Crippen LogP contribution in [-0.2, 0) is 13.0 Å². The average Bonchev–Trinajstić information content (AvgIpc) is 3.48. The van der Waals surface area contributed by atoms with Crippen molar-refractivity contribution in [2.45, 2.75) is 32.4 Å². The van der Waals surface area contributed by atoms with Gasteiger partial charge < -0.3 is 14.4 Å². The van der Waals surface area contributed by atoms with Crippen molar-refractivity contribution < 1.29 is 28.7 Å². The number of carbonyl (C=O) groups is 4. The second-order valence-electron chi connectivity index (χ2n) is 10.2. The number of aryl methyl sites for hydroxylation is 1. The standard InChI is InChI=1S/C33H27N3O6/c1-20(8-9-21-6-4-3-5-7-21)42-29-17-24(12-13-28(29)41-2)35-19-23-11-10-22(16-26(23)31(35)38)30(37)36-32(39)25-14-15-34-18-27(25)33(36)40/h3-7,10-18,20H,8-9,19H2,1-2H3. The lowest BCUT2D eigenvalue weighted by molar-refractivity contribution is 0.0566. The number of benzene rings is 3. The van der Waals surface area contributed by atoms with Gasteiger partial charge in [-0.05, 0) is 61.2 Å². The smallest absolute Gasteiger partial charge is 0.270 e. The van der Waals surface area contributed by atoms with Crippen LogP contribution in [0.5, 0.6) is 11.5 Å². The van der Waals surface area contributed by atoms with E-state index in [4.69, 9.17) is 9.47 Å². The van der Waals surface area contributed by atoms with Crippen LogP contribution < -0.4 is 14.4 Å². The first-order valence-electron chi connectivity index (χ1n) is 13.6. The first-order chi connectivity index (χ1) is 20.4. The van der Waals surface area contributed by atoms with Crippen LogP contribution in [0, 0.1) is 0 Å². The third kappa shape index (κ3) is 4.79. The lowest BCUT2D eigenvalue weighted by Crippen LogP contribution is -2.36. The molecule has 0 spiro atoms. The molecule has 2 aliphatic heterocycles. The molecule has 0 saturated carbocycles. The minimum atomic E-state index is -0.792. The predicted octanol–water partition coefficient (Wildman–Crippen LogP) is 5.09. The maximum absolute atomic E-state index is 13.5. The fraction of sp³-hybridized carbons (Fsp3) is 0.182. The molecule has 0 bridgehead atoms. The Morgan fingerprint density at radius 2 is 1.67 bits per heavy atom. The van der Waals surface area contributed by atoms with Gasteiger partial charge in [-0.3, -0.25) is 24.2 Å². The van der Waals surface area contributed by atoms with Gasteiger partial charge in [-0.2, -0.15) is 0 Å². The minimum absolute atomic E-state index is 0.0670. The number of ether oxygens (including phenoxy) is 2. The van der Waals surface area contributed by atoms with Gasteiger partial charge in [0.2, 0.25) is 0 Å². The van der Waals surface area contributed by atoms with Crippen molar-refractivity contribution in [1.82, 2.24) is 9.88 Å². The van der Waals surface area contributed by atoms with Gasteiger partial charge in [-0.25, -0.2) is 4.90 Å². The monoisotopic (exact) mass is 561 g/mol. The zero-order valence-corrected chi connectivity index (χ0v) is 23.1. The van der Waals surface area contributed by atoms with E-state index < -0.39 is 17.7 Å². The molecule has 3 aromatic carbocycles. The van der Waals surface area contributed by atoms with Crippen LogP contribution >= 0.6 is 0 Å². The molecule has 0 fully saturated rings. The summed E-state index contributed by atoms with van der Waals surface area (Å²) in [6, 6.07) is 21.5. The van der Waals surface area contributed by atoms with E-state index in [0.717, 1.165) is 18.4 Å². The van der Waals surface area contributed by atoms with Crippen LogP contribution in [0.4, 0.5) is 5.69 Å². The second-order valence-corrected chi connectivity index (χ2v) is 10.2. The number of anilines is 1. The van der Waals surface area contributed by atoms with Crippen molar-refractivity contribution in [3.8, 4) is 11.5 Å². The summed E-state index contributed by atoms with van der Waals surface area (Å²) in [4.78, 5) is 58.4. The van der Waals surface area contributed by atoms with Crippen LogP contribution in [0.15, 0.2) is 85.2 Å². The molecule has 6 rings (SSSR count). The molecular weight excluding hydrogens is 534 g/mol. The molecule has 2 aliphatic rings. The lowest BCUT2D eigenvalue weighted by Gasteiger charge is -2.21. The van der Waals surface area contributed by atoms with Crippen molar-refractivity contribution in [2.75, 3.05) is 12.0 Å². The van der Waals surface area contributed by atoms with Crippen molar-refractivity contribution in [1.29, 1.82) is 0 Å². The zero-order chi connectivity index (χ0) is 29.4. The molecular formula is C33H27N3O6. The topological polar surface area (TPSA) is 106 Å². The summed E-state index contributed by atoms with van der Waals surface area (Å²) in [6.07, 6.45) is 4.22. The zero-order valence-electron chi connectivity index (χ0n) is 23.1. The number of hydrogen-bond acceptors (Lipinski definition) is 7. The molecule has 0 saturated heterocycles. The normalized spacial score (nSPS) is 14.6. The fourth-order valence-electron chi connectivity index (χ4n) is 5.26. The highest BCUT2D eigenvalue weighted by Gasteiger charge is 2.41. The molecule has 9 nitrogen and oxygen atoms in total. The number of imide groups is 3. The molecule has 9 heteroatoms. The second kappa shape index (κ2) is 10.9. The van der Waals surface area contributed by atoms with Gasteiger partial charge in [0.1, 0.15) is 0 Å². The molecule has 0 N–H and O–H groups in total. The van der Waals surface area contributed by atoms with E-state index >= 15 is 0 Å². The largest absolute Gasteiger partial charge is 0.493 e. The van der Waals surface area contributed by atoms with E-state index in [0.29, 0.717) is 27.6 Å². The summed E-state index contributed by atoms with van der Waals surface area (Å²) >= 11 is 0. The van der Waals surface area contributed by atoms with Gasteiger partial charge in [0, 0.05) is 35.3 Å². The van der Waals surface area contributed by atoms with Gasteiger partial charge in [0.15, 0.2) is 11.5 Å². The van der Waals surface area contributed by atoms with Crippen molar-refractivity contribution in [3.05, 3.63) is 119 Å². The molecule has 42 heavy (non-hydrogen) atoms. The van der Waals surface area contributed by atoms with E-state index in [1.807, 2.05) is 25.1 Å². The highest BCUT2D eigenvalue weighted by atomic mass is 16.5. The molecule has 1 atom stereocenters. The molecule has 0 aliphatic carbocycles. The Kier molecular flexibility index (Phi) is 7.00. The maximum Gasteiger partial charge on any atom is 0.270 e. The van der Waals surface area contributed by atoms with E-state index in [9.17, 15) is 19.2 Å².